The van der Waals surface area contributed by atoms with Crippen LogP contribution in [-0.4, -0.2) is 25.8 Å². The molecule has 0 atom stereocenters. The minimum absolute atomic E-state index is 0.0592. The molecule has 1 aliphatic rings. The van der Waals surface area contributed by atoms with Crippen molar-refractivity contribution in [3.05, 3.63) is 47.2 Å². The van der Waals surface area contributed by atoms with E-state index in [0.29, 0.717) is 0 Å². The zero-order chi connectivity index (χ0) is 16.7. The van der Waals surface area contributed by atoms with E-state index in [1.807, 2.05) is 6.92 Å². The molecule has 0 bridgehead atoms. The first-order chi connectivity index (χ1) is 11.0. The summed E-state index contributed by atoms with van der Waals surface area (Å²) in [7, 11) is -3.57. The Bertz CT molecular complexity index is 725. The van der Waals surface area contributed by atoms with Crippen LogP contribution in [0.1, 0.15) is 37.7 Å². The van der Waals surface area contributed by atoms with Gasteiger partial charge in [-0.3, -0.25) is 0 Å². The Balaban J connectivity index is 2.18. The van der Waals surface area contributed by atoms with Gasteiger partial charge in [0.25, 0.3) is 0 Å². The standard InChI is InChI=1S/C19H23NO2S/c1-3-15-20(16-7-10-18-8-5-4-6-9-18)23(21,22)19-13-11-17(2)12-14-19/h1,7,11-14H,4-6,8-9,15-16H2,2H3. The van der Waals surface area contributed by atoms with Crippen LogP contribution in [0.25, 0.3) is 0 Å². The number of terminal acetylenes is 1. The Labute approximate surface area is 139 Å². The SMILES string of the molecule is C#CCN(CC=C=C1CCCCC1)S(=O)(=O)c1ccc(C)cc1. The van der Waals surface area contributed by atoms with Gasteiger partial charge in [-0.15, -0.1) is 12.2 Å². The van der Waals surface area contributed by atoms with Crippen LogP contribution in [0.2, 0.25) is 0 Å². The van der Waals surface area contributed by atoms with Crippen molar-refractivity contribution in [3.63, 3.8) is 0 Å². The molecule has 0 amide bonds. The van der Waals surface area contributed by atoms with Gasteiger partial charge in [0.2, 0.25) is 10.0 Å². The van der Waals surface area contributed by atoms with Crippen LogP contribution in [-0.2, 0) is 10.0 Å². The summed E-state index contributed by atoms with van der Waals surface area (Å²) in [5.41, 5.74) is 5.56. The Kier molecular flexibility index (Phi) is 6.24. The van der Waals surface area contributed by atoms with Gasteiger partial charge in [0, 0.05) is 6.54 Å². The number of sulfonamides is 1. The summed E-state index contributed by atoms with van der Waals surface area (Å²) in [6.45, 7) is 2.24. The second kappa shape index (κ2) is 8.17. The summed E-state index contributed by atoms with van der Waals surface area (Å²) in [5.74, 6) is 2.44. The first kappa shape index (κ1) is 17.6. The quantitative estimate of drug-likeness (QED) is 0.610. The van der Waals surface area contributed by atoms with Crippen LogP contribution < -0.4 is 0 Å². The van der Waals surface area contributed by atoms with Gasteiger partial charge in [0.1, 0.15) is 0 Å². The molecule has 0 spiro atoms. The molecule has 0 unspecified atom stereocenters. The van der Waals surface area contributed by atoms with Crippen molar-refractivity contribution in [2.24, 2.45) is 0 Å². The third-order valence-electron chi connectivity index (χ3n) is 3.98. The largest absolute Gasteiger partial charge is 0.244 e. The molecule has 0 N–H and O–H groups in total. The number of hydrogen-bond donors (Lipinski definition) is 0. The maximum atomic E-state index is 12.7. The summed E-state index contributed by atoms with van der Waals surface area (Å²) in [6, 6.07) is 6.83. The summed E-state index contributed by atoms with van der Waals surface area (Å²) in [4.78, 5) is 0.275. The van der Waals surface area contributed by atoms with Gasteiger partial charge >= 0.3 is 0 Å². The molecule has 1 saturated carbocycles. The second-order valence-corrected chi connectivity index (χ2v) is 7.77. The van der Waals surface area contributed by atoms with Gasteiger partial charge < -0.3 is 0 Å². The van der Waals surface area contributed by atoms with E-state index in [0.717, 1.165) is 18.4 Å². The molecule has 0 heterocycles. The Morgan fingerprint density at radius 1 is 1.17 bits per heavy atom. The molecule has 0 saturated heterocycles. The highest BCUT2D eigenvalue weighted by molar-refractivity contribution is 7.89. The molecular formula is C19H23NO2S. The fourth-order valence-electron chi connectivity index (χ4n) is 2.62. The molecule has 1 aliphatic carbocycles. The predicted octanol–water partition coefficient (Wildman–Crippen LogP) is 3.66. The van der Waals surface area contributed by atoms with Crippen molar-refractivity contribution in [3.8, 4) is 12.3 Å². The maximum absolute atomic E-state index is 12.7. The van der Waals surface area contributed by atoms with Crippen molar-refractivity contribution >= 4 is 10.0 Å². The highest BCUT2D eigenvalue weighted by Gasteiger charge is 2.22. The number of hydrogen-bond acceptors (Lipinski definition) is 2. The molecule has 2 rings (SSSR count). The third-order valence-corrected chi connectivity index (χ3v) is 5.81. The van der Waals surface area contributed by atoms with Gasteiger partial charge in [-0.1, -0.05) is 30.0 Å². The normalized spacial score (nSPS) is 15.1. The summed E-state index contributed by atoms with van der Waals surface area (Å²) >= 11 is 0. The minimum Gasteiger partial charge on any atom is -0.207 e. The number of nitrogens with zero attached hydrogens (tertiary/aromatic N) is 1. The monoisotopic (exact) mass is 329 g/mol. The lowest BCUT2D eigenvalue weighted by Gasteiger charge is -2.18. The number of rotatable bonds is 5. The van der Waals surface area contributed by atoms with E-state index in [1.165, 1.54) is 29.1 Å². The Morgan fingerprint density at radius 2 is 1.83 bits per heavy atom. The fourth-order valence-corrected chi connectivity index (χ4v) is 3.92. The second-order valence-electron chi connectivity index (χ2n) is 5.83. The molecule has 23 heavy (non-hydrogen) atoms. The van der Waals surface area contributed by atoms with E-state index >= 15 is 0 Å². The van der Waals surface area contributed by atoms with Crippen molar-refractivity contribution in [1.82, 2.24) is 4.31 Å². The average Bonchev–Trinajstić information content (AvgIpc) is 2.55. The zero-order valence-corrected chi connectivity index (χ0v) is 14.4. The molecule has 0 aliphatic heterocycles. The average molecular weight is 329 g/mol. The van der Waals surface area contributed by atoms with Crippen molar-refractivity contribution in [2.75, 3.05) is 13.1 Å². The smallest absolute Gasteiger partial charge is 0.207 e. The van der Waals surface area contributed by atoms with Gasteiger partial charge in [-0.2, -0.15) is 4.31 Å². The molecular weight excluding hydrogens is 306 g/mol. The van der Waals surface area contributed by atoms with Gasteiger partial charge in [0.05, 0.1) is 11.4 Å². The van der Waals surface area contributed by atoms with Crippen molar-refractivity contribution in [2.45, 2.75) is 43.9 Å². The van der Waals surface area contributed by atoms with Crippen LogP contribution >= 0.6 is 0 Å². The van der Waals surface area contributed by atoms with E-state index in [1.54, 1.807) is 30.3 Å². The first-order valence-corrected chi connectivity index (χ1v) is 9.41. The van der Waals surface area contributed by atoms with E-state index in [4.69, 9.17) is 6.42 Å². The maximum Gasteiger partial charge on any atom is 0.244 e. The zero-order valence-electron chi connectivity index (χ0n) is 13.6. The van der Waals surface area contributed by atoms with E-state index in [9.17, 15) is 8.42 Å². The highest BCUT2D eigenvalue weighted by Crippen LogP contribution is 2.21. The number of benzene rings is 1. The first-order valence-electron chi connectivity index (χ1n) is 7.97. The van der Waals surface area contributed by atoms with Crippen molar-refractivity contribution < 1.29 is 8.42 Å². The Morgan fingerprint density at radius 3 is 2.43 bits per heavy atom. The topological polar surface area (TPSA) is 37.4 Å². The lowest BCUT2D eigenvalue weighted by Crippen LogP contribution is -2.31. The molecule has 0 radical (unpaired) electrons. The molecule has 1 aromatic carbocycles. The summed E-state index contributed by atoms with van der Waals surface area (Å²) < 4.78 is 26.7. The fraction of sp³-hybridized carbons (Fsp3) is 0.421. The van der Waals surface area contributed by atoms with Crippen LogP contribution in [0.3, 0.4) is 0 Å². The van der Waals surface area contributed by atoms with Crippen LogP contribution in [0.15, 0.2) is 46.5 Å². The highest BCUT2D eigenvalue weighted by atomic mass is 32.2. The third kappa shape index (κ3) is 4.84. The van der Waals surface area contributed by atoms with Gasteiger partial charge in [-0.25, -0.2) is 8.42 Å². The van der Waals surface area contributed by atoms with Gasteiger partial charge in [0.15, 0.2) is 0 Å². The lowest BCUT2D eigenvalue weighted by atomic mass is 9.96. The molecule has 122 valence electrons. The molecule has 4 heteroatoms. The predicted molar refractivity (Wildman–Crippen MR) is 93.5 cm³/mol. The summed E-state index contributed by atoms with van der Waals surface area (Å²) in [6.07, 6.45) is 12.9. The minimum atomic E-state index is -3.57. The number of aryl methyl sites for hydroxylation is 1. The lowest BCUT2D eigenvalue weighted by molar-refractivity contribution is 0.478. The van der Waals surface area contributed by atoms with Gasteiger partial charge in [-0.05, 0) is 56.4 Å². The van der Waals surface area contributed by atoms with Crippen LogP contribution in [0.4, 0.5) is 0 Å². The van der Waals surface area contributed by atoms with E-state index in [2.05, 4.69) is 11.7 Å². The summed E-state index contributed by atoms with van der Waals surface area (Å²) in [5, 5.41) is 0. The molecule has 1 aromatic rings. The molecule has 1 fully saturated rings. The van der Waals surface area contributed by atoms with Crippen LogP contribution in [0.5, 0.6) is 0 Å². The van der Waals surface area contributed by atoms with E-state index < -0.39 is 10.0 Å². The van der Waals surface area contributed by atoms with Crippen LogP contribution in [0, 0.1) is 19.3 Å². The Hall–Kier alpha value is -1.79. The molecule has 3 nitrogen and oxygen atoms in total. The van der Waals surface area contributed by atoms with E-state index in [-0.39, 0.29) is 18.0 Å². The molecule has 0 aromatic heterocycles. The van der Waals surface area contributed by atoms with Crippen molar-refractivity contribution in [1.29, 1.82) is 0 Å².